The van der Waals surface area contributed by atoms with Crippen molar-refractivity contribution in [3.63, 3.8) is 0 Å². The molecule has 0 saturated carbocycles. The van der Waals surface area contributed by atoms with Crippen molar-refractivity contribution in [1.82, 2.24) is 0 Å². The smallest absolute Gasteiger partial charge is 0.00725 e. The second-order valence-corrected chi connectivity index (χ2v) is 1.83. The Morgan fingerprint density at radius 1 is 1.83 bits per heavy atom. The Kier molecular flexibility index (Phi) is 0.592. The van der Waals surface area contributed by atoms with Gasteiger partial charge in [0.25, 0.3) is 0 Å². The lowest BCUT2D eigenvalue weighted by Crippen LogP contribution is -1.90. The second-order valence-electron chi connectivity index (χ2n) is 1.83. The largest absolute Gasteiger partial charge is 0.0955 e. The third-order valence-electron chi connectivity index (χ3n) is 0.956. The molecule has 0 nitrogen and oxygen atoms in total. The van der Waals surface area contributed by atoms with Crippen LogP contribution >= 0.6 is 0 Å². The van der Waals surface area contributed by atoms with Gasteiger partial charge in [0.2, 0.25) is 0 Å². The van der Waals surface area contributed by atoms with Crippen LogP contribution in [0, 0.1) is 0 Å². The Hall–Kier alpha value is -0.520. The van der Waals surface area contributed by atoms with E-state index in [4.69, 9.17) is 0 Å². The second kappa shape index (κ2) is 0.970. The van der Waals surface area contributed by atoms with Crippen LogP contribution in [0.25, 0.3) is 0 Å². The van der Waals surface area contributed by atoms with Crippen LogP contribution in [0.4, 0.5) is 0 Å². The van der Waals surface area contributed by atoms with Crippen molar-refractivity contribution >= 4 is 0 Å². The average molecular weight is 80.1 g/mol. The normalized spacial score (nSPS) is 19.5. The van der Waals surface area contributed by atoms with Gasteiger partial charge in [-0.3, -0.25) is 0 Å². The van der Waals surface area contributed by atoms with Crippen molar-refractivity contribution in [3.05, 3.63) is 23.8 Å². The molecule has 0 aliphatic heterocycles. The molecule has 0 amide bonds. The maximum absolute atomic E-state index is 3.73. The highest BCUT2D eigenvalue weighted by molar-refractivity contribution is 5.34. The lowest BCUT2D eigenvalue weighted by atomic mass is 9.96. The Labute approximate surface area is 38.2 Å². The molecule has 1 aliphatic rings. The van der Waals surface area contributed by atoms with Crippen LogP contribution in [-0.2, 0) is 0 Å². The summed E-state index contributed by atoms with van der Waals surface area (Å²) >= 11 is 0. The number of allylic oxidation sites excluding steroid dienone is 3. The van der Waals surface area contributed by atoms with Crippen molar-refractivity contribution in [3.8, 4) is 0 Å². The molecule has 0 unspecified atom stereocenters. The van der Waals surface area contributed by atoms with Crippen molar-refractivity contribution < 1.29 is 0 Å². The first-order valence-electron chi connectivity index (χ1n) is 2.14. The number of hydrogen-bond donors (Lipinski definition) is 0. The van der Waals surface area contributed by atoms with Crippen LogP contribution in [-0.4, -0.2) is 0 Å². The molecule has 1 rings (SSSR count). The summed E-state index contributed by atoms with van der Waals surface area (Å²) in [4.78, 5) is 0. The van der Waals surface area contributed by atoms with E-state index < -0.39 is 0 Å². The molecule has 0 bridgehead atoms. The minimum absolute atomic E-state index is 1.14. The molecule has 0 aromatic rings. The quantitative estimate of drug-likeness (QED) is 0.417. The summed E-state index contributed by atoms with van der Waals surface area (Å²) in [7, 11) is 0. The molecule has 0 heterocycles. The molecule has 0 radical (unpaired) electrons. The standard InChI is InChI=1S/C6H8/c1-5-3-6(2)4-5/h3H,1,4H2,2H3. The fourth-order valence-electron chi connectivity index (χ4n) is 0.678. The lowest BCUT2D eigenvalue weighted by Gasteiger charge is -2.10. The highest BCUT2D eigenvalue weighted by atomic mass is 14.1. The SMILES string of the molecule is C=C1C=C(C)C1. The fraction of sp³-hybridized carbons (Fsp3) is 0.333. The molecule has 0 fully saturated rings. The van der Waals surface area contributed by atoms with E-state index >= 15 is 0 Å². The number of hydrogen-bond acceptors (Lipinski definition) is 0. The van der Waals surface area contributed by atoms with Gasteiger partial charge >= 0.3 is 0 Å². The highest BCUT2D eigenvalue weighted by Crippen LogP contribution is 2.21. The van der Waals surface area contributed by atoms with Gasteiger partial charge in [-0.2, -0.15) is 0 Å². The maximum Gasteiger partial charge on any atom is -0.00725 e. The van der Waals surface area contributed by atoms with Gasteiger partial charge in [-0.05, 0) is 13.3 Å². The van der Waals surface area contributed by atoms with Gasteiger partial charge in [-0.25, -0.2) is 0 Å². The van der Waals surface area contributed by atoms with Crippen LogP contribution in [0.1, 0.15) is 13.3 Å². The van der Waals surface area contributed by atoms with Crippen LogP contribution in [0.2, 0.25) is 0 Å². The molecule has 32 valence electrons. The van der Waals surface area contributed by atoms with Crippen LogP contribution in [0.3, 0.4) is 0 Å². The van der Waals surface area contributed by atoms with Crippen molar-refractivity contribution in [2.45, 2.75) is 13.3 Å². The predicted octanol–water partition coefficient (Wildman–Crippen LogP) is 1.89. The average Bonchev–Trinajstić information content (AvgIpc) is 1.33. The summed E-state index contributed by atoms with van der Waals surface area (Å²) in [6, 6.07) is 0. The minimum atomic E-state index is 1.14. The van der Waals surface area contributed by atoms with E-state index in [9.17, 15) is 0 Å². The van der Waals surface area contributed by atoms with Crippen molar-refractivity contribution in [2.75, 3.05) is 0 Å². The first-order chi connectivity index (χ1) is 2.79. The van der Waals surface area contributed by atoms with Gasteiger partial charge in [-0.1, -0.05) is 23.8 Å². The first kappa shape index (κ1) is 3.66. The molecule has 0 aromatic heterocycles. The highest BCUT2D eigenvalue weighted by Gasteiger charge is 2.01. The summed E-state index contributed by atoms with van der Waals surface area (Å²) in [5, 5.41) is 0. The van der Waals surface area contributed by atoms with Gasteiger partial charge in [0.1, 0.15) is 0 Å². The lowest BCUT2D eigenvalue weighted by molar-refractivity contribution is 1.07. The van der Waals surface area contributed by atoms with E-state index in [2.05, 4.69) is 19.6 Å². The zero-order chi connectivity index (χ0) is 4.57. The Bertz CT molecular complexity index is 107. The topological polar surface area (TPSA) is 0 Å². The third kappa shape index (κ3) is 0.383. The fourth-order valence-corrected chi connectivity index (χ4v) is 0.678. The van der Waals surface area contributed by atoms with Crippen LogP contribution in [0.15, 0.2) is 23.8 Å². The molecule has 0 heteroatoms. The molecule has 0 atom stereocenters. The summed E-state index contributed by atoms with van der Waals surface area (Å²) in [6.07, 6.45) is 3.25. The third-order valence-corrected chi connectivity index (χ3v) is 0.956. The predicted molar refractivity (Wildman–Crippen MR) is 27.5 cm³/mol. The molecule has 0 saturated heterocycles. The van der Waals surface area contributed by atoms with E-state index in [0.717, 1.165) is 6.42 Å². The van der Waals surface area contributed by atoms with Crippen molar-refractivity contribution in [2.24, 2.45) is 0 Å². The summed E-state index contributed by atoms with van der Waals surface area (Å²) in [6.45, 7) is 5.85. The van der Waals surface area contributed by atoms with E-state index in [1.165, 1.54) is 11.1 Å². The van der Waals surface area contributed by atoms with Gasteiger partial charge in [0.15, 0.2) is 0 Å². The zero-order valence-corrected chi connectivity index (χ0v) is 3.99. The molecule has 6 heavy (non-hydrogen) atoms. The van der Waals surface area contributed by atoms with Gasteiger partial charge < -0.3 is 0 Å². The van der Waals surface area contributed by atoms with Gasteiger partial charge in [0.05, 0.1) is 0 Å². The van der Waals surface area contributed by atoms with Crippen LogP contribution < -0.4 is 0 Å². The summed E-state index contributed by atoms with van der Waals surface area (Å²) in [5.41, 5.74) is 2.73. The van der Waals surface area contributed by atoms with E-state index in [1.807, 2.05) is 0 Å². The minimum Gasteiger partial charge on any atom is -0.0955 e. The molecule has 0 N–H and O–H groups in total. The summed E-state index contributed by atoms with van der Waals surface area (Å²) in [5.74, 6) is 0. The molecular weight excluding hydrogens is 72.1 g/mol. The van der Waals surface area contributed by atoms with E-state index in [-0.39, 0.29) is 0 Å². The maximum atomic E-state index is 3.73. The van der Waals surface area contributed by atoms with Crippen molar-refractivity contribution in [1.29, 1.82) is 0 Å². The number of rotatable bonds is 0. The van der Waals surface area contributed by atoms with E-state index in [0.29, 0.717) is 0 Å². The first-order valence-corrected chi connectivity index (χ1v) is 2.14. The molecule has 0 spiro atoms. The molecule has 1 aliphatic carbocycles. The Morgan fingerprint density at radius 3 is 2.33 bits per heavy atom. The molecule has 0 aromatic carbocycles. The Balaban J connectivity index is 2.68. The summed E-state index contributed by atoms with van der Waals surface area (Å²) < 4.78 is 0. The van der Waals surface area contributed by atoms with Crippen LogP contribution in [0.5, 0.6) is 0 Å². The van der Waals surface area contributed by atoms with Gasteiger partial charge in [0, 0.05) is 0 Å². The van der Waals surface area contributed by atoms with E-state index in [1.54, 1.807) is 0 Å². The Morgan fingerprint density at radius 2 is 2.33 bits per heavy atom. The monoisotopic (exact) mass is 80.1 g/mol. The molecular formula is C6H8. The van der Waals surface area contributed by atoms with Gasteiger partial charge in [-0.15, -0.1) is 0 Å². The zero-order valence-electron chi connectivity index (χ0n) is 3.99.